The summed E-state index contributed by atoms with van der Waals surface area (Å²) in [7, 11) is 2.15. The predicted molar refractivity (Wildman–Crippen MR) is 54.3 cm³/mol. The third-order valence-corrected chi connectivity index (χ3v) is 3.27. The highest BCUT2D eigenvalue weighted by Gasteiger charge is 2.25. The summed E-state index contributed by atoms with van der Waals surface area (Å²) in [5.41, 5.74) is 0. The molecular formula is C10H20N2O2. The van der Waals surface area contributed by atoms with Crippen molar-refractivity contribution in [3.05, 3.63) is 0 Å². The van der Waals surface area contributed by atoms with E-state index in [4.69, 9.17) is 4.74 Å². The predicted octanol–water partition coefficient (Wildman–Crippen LogP) is -0.570. The fourth-order valence-corrected chi connectivity index (χ4v) is 2.04. The van der Waals surface area contributed by atoms with E-state index in [0.717, 1.165) is 39.1 Å². The third kappa shape index (κ3) is 2.45. The molecule has 2 fully saturated rings. The second-order valence-electron chi connectivity index (χ2n) is 4.46. The normalized spacial score (nSPS) is 33.6. The van der Waals surface area contributed by atoms with Crippen molar-refractivity contribution in [2.75, 3.05) is 33.4 Å². The van der Waals surface area contributed by atoms with Gasteiger partial charge in [0.15, 0.2) is 0 Å². The minimum atomic E-state index is -0.127. The number of aliphatic hydroxyl groups excluding tert-OH is 1. The molecule has 2 aliphatic heterocycles. The number of hydrogen-bond donors (Lipinski definition) is 2. The molecule has 0 saturated carbocycles. The zero-order chi connectivity index (χ0) is 9.97. The van der Waals surface area contributed by atoms with Crippen LogP contribution in [-0.2, 0) is 4.74 Å². The third-order valence-electron chi connectivity index (χ3n) is 3.27. The molecule has 0 spiro atoms. The fourth-order valence-electron chi connectivity index (χ4n) is 2.04. The molecule has 2 saturated heterocycles. The lowest BCUT2D eigenvalue weighted by atomic mass is 10.1. The van der Waals surface area contributed by atoms with Gasteiger partial charge in [0.05, 0.1) is 25.4 Å². The van der Waals surface area contributed by atoms with Crippen LogP contribution in [0.2, 0.25) is 0 Å². The Morgan fingerprint density at radius 1 is 1.50 bits per heavy atom. The van der Waals surface area contributed by atoms with E-state index in [1.165, 1.54) is 0 Å². The lowest BCUT2D eigenvalue weighted by molar-refractivity contribution is -0.0566. The van der Waals surface area contributed by atoms with Gasteiger partial charge >= 0.3 is 0 Å². The van der Waals surface area contributed by atoms with Gasteiger partial charge in [0, 0.05) is 12.6 Å². The molecule has 2 heterocycles. The van der Waals surface area contributed by atoms with Gasteiger partial charge in [0.25, 0.3) is 0 Å². The van der Waals surface area contributed by atoms with Gasteiger partial charge < -0.3 is 15.2 Å². The van der Waals surface area contributed by atoms with E-state index in [1.807, 2.05) is 0 Å². The van der Waals surface area contributed by atoms with Crippen LogP contribution in [0, 0.1) is 0 Å². The highest BCUT2D eigenvalue weighted by molar-refractivity contribution is 4.83. The first kappa shape index (κ1) is 10.4. The van der Waals surface area contributed by atoms with Gasteiger partial charge in [-0.05, 0) is 26.4 Å². The number of β-amino-alcohol motifs (C(OH)–C–C–N with tert-alkyl or cyclic N) is 1. The van der Waals surface area contributed by atoms with Gasteiger partial charge in [-0.3, -0.25) is 4.90 Å². The van der Waals surface area contributed by atoms with Gasteiger partial charge in [-0.25, -0.2) is 0 Å². The first-order chi connectivity index (χ1) is 6.75. The Hall–Kier alpha value is -0.160. The molecule has 0 aromatic carbocycles. The summed E-state index contributed by atoms with van der Waals surface area (Å²) in [6.07, 6.45) is 1.91. The summed E-state index contributed by atoms with van der Waals surface area (Å²) in [6, 6.07) is 1.13. The van der Waals surface area contributed by atoms with E-state index >= 15 is 0 Å². The summed E-state index contributed by atoms with van der Waals surface area (Å²) in [5.74, 6) is 0. The van der Waals surface area contributed by atoms with Gasteiger partial charge in [0.2, 0.25) is 0 Å². The molecule has 2 atom stereocenters. The number of nitrogens with zero attached hydrogens (tertiary/aromatic N) is 1. The lowest BCUT2D eigenvalue weighted by Crippen LogP contribution is -2.48. The van der Waals surface area contributed by atoms with Crippen molar-refractivity contribution in [2.45, 2.75) is 31.0 Å². The molecule has 2 N–H and O–H groups in total. The number of rotatable bonds is 4. The number of ether oxygens (including phenoxy) is 1. The molecule has 2 unspecified atom stereocenters. The van der Waals surface area contributed by atoms with Crippen LogP contribution >= 0.6 is 0 Å². The summed E-state index contributed by atoms with van der Waals surface area (Å²) in [5, 5.41) is 12.7. The van der Waals surface area contributed by atoms with Crippen LogP contribution in [0.3, 0.4) is 0 Å². The highest BCUT2D eigenvalue weighted by atomic mass is 16.5. The van der Waals surface area contributed by atoms with Crippen molar-refractivity contribution in [3.63, 3.8) is 0 Å². The second kappa shape index (κ2) is 4.57. The summed E-state index contributed by atoms with van der Waals surface area (Å²) < 4.78 is 5.15. The Morgan fingerprint density at radius 2 is 2.29 bits per heavy atom. The summed E-state index contributed by atoms with van der Waals surface area (Å²) in [4.78, 5) is 2.36. The molecular weight excluding hydrogens is 180 g/mol. The van der Waals surface area contributed by atoms with Crippen LogP contribution in [0.5, 0.6) is 0 Å². The minimum absolute atomic E-state index is 0.127. The van der Waals surface area contributed by atoms with Crippen molar-refractivity contribution in [2.24, 2.45) is 0 Å². The molecule has 82 valence electrons. The molecule has 0 aromatic rings. The Morgan fingerprint density at radius 3 is 2.79 bits per heavy atom. The standard InChI is InChI=1S/C10H20N2O2/c1-12(9-6-14-7-9)3-2-8-4-10(13)5-11-8/h8-11,13H,2-7H2,1H3. The van der Waals surface area contributed by atoms with Crippen molar-refractivity contribution >= 4 is 0 Å². The fraction of sp³-hybridized carbons (Fsp3) is 1.00. The van der Waals surface area contributed by atoms with E-state index in [-0.39, 0.29) is 6.10 Å². The minimum Gasteiger partial charge on any atom is -0.392 e. The van der Waals surface area contributed by atoms with Crippen molar-refractivity contribution in [1.29, 1.82) is 0 Å². The average Bonchev–Trinajstić information content (AvgIpc) is 2.45. The summed E-state index contributed by atoms with van der Waals surface area (Å²) >= 11 is 0. The zero-order valence-corrected chi connectivity index (χ0v) is 8.78. The van der Waals surface area contributed by atoms with Crippen LogP contribution in [0.1, 0.15) is 12.8 Å². The van der Waals surface area contributed by atoms with Crippen LogP contribution in [-0.4, -0.2) is 61.5 Å². The van der Waals surface area contributed by atoms with E-state index in [0.29, 0.717) is 12.1 Å². The van der Waals surface area contributed by atoms with Gasteiger partial charge in [0.1, 0.15) is 0 Å². The second-order valence-corrected chi connectivity index (χ2v) is 4.46. The van der Waals surface area contributed by atoms with Crippen LogP contribution in [0.4, 0.5) is 0 Å². The first-order valence-corrected chi connectivity index (χ1v) is 5.45. The number of nitrogens with one attached hydrogen (secondary N) is 1. The molecule has 0 bridgehead atoms. The Kier molecular flexibility index (Phi) is 3.38. The topological polar surface area (TPSA) is 44.7 Å². The van der Waals surface area contributed by atoms with Gasteiger partial charge in [-0.1, -0.05) is 0 Å². The number of hydrogen-bond acceptors (Lipinski definition) is 4. The quantitative estimate of drug-likeness (QED) is 0.638. The molecule has 2 aliphatic rings. The molecule has 4 heteroatoms. The molecule has 0 aliphatic carbocycles. The highest BCUT2D eigenvalue weighted by Crippen LogP contribution is 2.13. The zero-order valence-electron chi connectivity index (χ0n) is 8.78. The molecule has 2 rings (SSSR count). The smallest absolute Gasteiger partial charge is 0.0679 e. The van der Waals surface area contributed by atoms with Crippen LogP contribution in [0.25, 0.3) is 0 Å². The van der Waals surface area contributed by atoms with E-state index < -0.39 is 0 Å². The molecule has 4 nitrogen and oxygen atoms in total. The van der Waals surface area contributed by atoms with Crippen molar-refractivity contribution in [1.82, 2.24) is 10.2 Å². The maximum atomic E-state index is 9.34. The van der Waals surface area contributed by atoms with Gasteiger partial charge in [-0.2, -0.15) is 0 Å². The molecule has 0 aromatic heterocycles. The van der Waals surface area contributed by atoms with Crippen molar-refractivity contribution in [3.8, 4) is 0 Å². The largest absolute Gasteiger partial charge is 0.392 e. The SMILES string of the molecule is CN(CCC1CC(O)CN1)C1COC1. The molecule has 14 heavy (non-hydrogen) atoms. The van der Waals surface area contributed by atoms with Crippen molar-refractivity contribution < 1.29 is 9.84 Å². The number of likely N-dealkylation sites (N-methyl/N-ethyl adjacent to an activating group) is 1. The number of aliphatic hydroxyl groups is 1. The van der Waals surface area contributed by atoms with Crippen LogP contribution in [0.15, 0.2) is 0 Å². The van der Waals surface area contributed by atoms with E-state index in [1.54, 1.807) is 0 Å². The maximum Gasteiger partial charge on any atom is 0.0679 e. The molecule has 0 radical (unpaired) electrons. The lowest BCUT2D eigenvalue weighted by Gasteiger charge is -2.35. The average molecular weight is 200 g/mol. The van der Waals surface area contributed by atoms with E-state index in [2.05, 4.69) is 17.3 Å². The first-order valence-electron chi connectivity index (χ1n) is 5.45. The Balaban J connectivity index is 1.61. The van der Waals surface area contributed by atoms with E-state index in [9.17, 15) is 5.11 Å². The van der Waals surface area contributed by atoms with Crippen LogP contribution < -0.4 is 5.32 Å². The molecule has 0 amide bonds. The maximum absolute atomic E-state index is 9.34. The summed E-state index contributed by atoms with van der Waals surface area (Å²) in [6.45, 7) is 3.63. The monoisotopic (exact) mass is 200 g/mol. The Bertz CT molecular complexity index is 183. The Labute approximate surface area is 85.2 Å². The van der Waals surface area contributed by atoms with Gasteiger partial charge in [-0.15, -0.1) is 0 Å².